The molecule has 0 radical (unpaired) electrons. The number of hydrogen-bond donors (Lipinski definition) is 0. The smallest absolute Gasteiger partial charge is 0.225 e. The molecule has 1 saturated carbocycles. The topological polar surface area (TPSA) is 48.2 Å². The molecule has 29 heavy (non-hydrogen) atoms. The summed E-state index contributed by atoms with van der Waals surface area (Å²) in [6, 6.07) is 22.5. The minimum atomic E-state index is -0.0272. The Kier molecular flexibility index (Phi) is 4.60. The Balaban J connectivity index is 1.47. The number of rotatable bonds is 5. The van der Waals surface area contributed by atoms with Gasteiger partial charge in [-0.15, -0.1) is 0 Å². The van der Waals surface area contributed by atoms with E-state index in [1.54, 1.807) is 12.5 Å². The number of benzene rings is 2. The Bertz CT molecular complexity index is 1080. The molecule has 0 N–H and O–H groups in total. The molecule has 0 unspecified atom stereocenters. The summed E-state index contributed by atoms with van der Waals surface area (Å²) in [6.07, 6.45) is 9.79. The fraction of sp³-hybridized carbons (Fsp3) is 0.200. The van der Waals surface area contributed by atoms with Gasteiger partial charge in [-0.1, -0.05) is 37.1 Å². The van der Waals surface area contributed by atoms with Crippen LogP contribution in [0.3, 0.4) is 0 Å². The summed E-state index contributed by atoms with van der Waals surface area (Å²) in [6.45, 7) is 0. The van der Waals surface area contributed by atoms with Gasteiger partial charge in [-0.2, -0.15) is 0 Å². The first kappa shape index (κ1) is 17.7. The molecule has 0 spiro atoms. The standard InChI is InChI=1S/C25H22N2O2/c1-4-14-26-23(11-1)25(12-2-3-13-25)20-8-6-10-22(18-20)29-21-9-5-7-19(17-21)24-27-15-16-28-24/h1,4-11,14-18H,2-3,12-13H2. The van der Waals surface area contributed by atoms with E-state index < -0.39 is 0 Å². The van der Waals surface area contributed by atoms with Gasteiger partial charge in [0.1, 0.15) is 17.8 Å². The van der Waals surface area contributed by atoms with Crippen molar-refractivity contribution in [2.75, 3.05) is 0 Å². The molecule has 1 fully saturated rings. The number of pyridine rings is 1. The van der Waals surface area contributed by atoms with E-state index in [-0.39, 0.29) is 5.41 Å². The van der Waals surface area contributed by atoms with Crippen LogP contribution in [0.1, 0.15) is 36.9 Å². The van der Waals surface area contributed by atoms with Crippen molar-refractivity contribution < 1.29 is 9.15 Å². The van der Waals surface area contributed by atoms with Crippen molar-refractivity contribution in [2.24, 2.45) is 0 Å². The highest BCUT2D eigenvalue weighted by atomic mass is 16.5. The lowest BCUT2D eigenvalue weighted by Crippen LogP contribution is -2.25. The van der Waals surface area contributed by atoms with Crippen molar-refractivity contribution in [1.82, 2.24) is 9.97 Å². The van der Waals surface area contributed by atoms with E-state index in [2.05, 4.69) is 35.3 Å². The van der Waals surface area contributed by atoms with E-state index in [0.717, 1.165) is 35.6 Å². The van der Waals surface area contributed by atoms with Gasteiger partial charge < -0.3 is 9.15 Å². The summed E-state index contributed by atoms with van der Waals surface area (Å²) >= 11 is 0. The van der Waals surface area contributed by atoms with Crippen molar-refractivity contribution >= 4 is 0 Å². The molecule has 4 heteroatoms. The van der Waals surface area contributed by atoms with E-state index in [1.165, 1.54) is 18.4 Å². The summed E-state index contributed by atoms with van der Waals surface area (Å²) in [5.74, 6) is 2.18. The zero-order valence-electron chi connectivity index (χ0n) is 16.1. The molecule has 2 aromatic carbocycles. The molecule has 1 aliphatic carbocycles. The van der Waals surface area contributed by atoms with Crippen LogP contribution in [0.5, 0.6) is 11.5 Å². The molecule has 0 aliphatic heterocycles. The second-order valence-corrected chi connectivity index (χ2v) is 7.50. The molecule has 4 aromatic rings. The van der Waals surface area contributed by atoms with Crippen LogP contribution in [0.4, 0.5) is 0 Å². The van der Waals surface area contributed by atoms with Gasteiger partial charge in [0.2, 0.25) is 5.89 Å². The summed E-state index contributed by atoms with van der Waals surface area (Å²) in [5, 5.41) is 0. The minimum absolute atomic E-state index is 0.0272. The number of nitrogens with zero attached hydrogens (tertiary/aromatic N) is 2. The largest absolute Gasteiger partial charge is 0.457 e. The zero-order chi connectivity index (χ0) is 19.5. The van der Waals surface area contributed by atoms with Crippen LogP contribution >= 0.6 is 0 Å². The summed E-state index contributed by atoms with van der Waals surface area (Å²) in [7, 11) is 0. The summed E-state index contributed by atoms with van der Waals surface area (Å²) in [4.78, 5) is 8.92. The van der Waals surface area contributed by atoms with Gasteiger partial charge in [-0.05, 0) is 60.9 Å². The Morgan fingerprint density at radius 2 is 1.62 bits per heavy atom. The molecule has 1 aliphatic rings. The quantitative estimate of drug-likeness (QED) is 0.401. The average Bonchev–Trinajstić information content (AvgIpc) is 3.48. The molecule has 5 rings (SSSR count). The molecule has 2 heterocycles. The lowest BCUT2D eigenvalue weighted by Gasteiger charge is -2.29. The zero-order valence-corrected chi connectivity index (χ0v) is 16.1. The highest BCUT2D eigenvalue weighted by Crippen LogP contribution is 2.46. The molecule has 0 amide bonds. The monoisotopic (exact) mass is 382 g/mol. The van der Waals surface area contributed by atoms with Gasteiger partial charge in [0.05, 0.1) is 11.9 Å². The first-order valence-electron chi connectivity index (χ1n) is 10.0. The van der Waals surface area contributed by atoms with Gasteiger partial charge in [0.25, 0.3) is 0 Å². The van der Waals surface area contributed by atoms with E-state index >= 15 is 0 Å². The number of aromatic nitrogens is 2. The van der Waals surface area contributed by atoms with Crippen LogP contribution in [0, 0.1) is 0 Å². The van der Waals surface area contributed by atoms with Gasteiger partial charge in [0, 0.05) is 17.2 Å². The maximum atomic E-state index is 6.21. The molecular weight excluding hydrogens is 360 g/mol. The second-order valence-electron chi connectivity index (χ2n) is 7.50. The summed E-state index contributed by atoms with van der Waals surface area (Å²) in [5.41, 5.74) is 3.29. The highest BCUT2D eigenvalue weighted by Gasteiger charge is 2.38. The predicted octanol–water partition coefficient (Wildman–Crippen LogP) is 6.39. The Hall–Kier alpha value is -3.40. The fourth-order valence-electron chi connectivity index (χ4n) is 4.37. The van der Waals surface area contributed by atoms with Crippen LogP contribution in [-0.2, 0) is 5.41 Å². The van der Waals surface area contributed by atoms with Crippen LogP contribution in [0.2, 0.25) is 0 Å². The lowest BCUT2D eigenvalue weighted by molar-refractivity contribution is 0.473. The van der Waals surface area contributed by atoms with E-state index in [1.807, 2.05) is 42.6 Å². The third kappa shape index (κ3) is 3.42. The van der Waals surface area contributed by atoms with Crippen molar-refractivity contribution in [2.45, 2.75) is 31.1 Å². The minimum Gasteiger partial charge on any atom is -0.457 e. The normalized spacial score (nSPS) is 15.3. The molecule has 4 nitrogen and oxygen atoms in total. The number of oxazole rings is 1. The molecule has 2 aromatic heterocycles. The molecule has 144 valence electrons. The van der Waals surface area contributed by atoms with Crippen molar-refractivity contribution in [1.29, 1.82) is 0 Å². The predicted molar refractivity (Wildman–Crippen MR) is 112 cm³/mol. The average molecular weight is 382 g/mol. The van der Waals surface area contributed by atoms with Crippen LogP contribution < -0.4 is 4.74 Å². The Morgan fingerprint density at radius 3 is 2.38 bits per heavy atom. The third-order valence-electron chi connectivity index (χ3n) is 5.75. The maximum absolute atomic E-state index is 6.21. The number of hydrogen-bond acceptors (Lipinski definition) is 4. The maximum Gasteiger partial charge on any atom is 0.225 e. The van der Waals surface area contributed by atoms with Crippen LogP contribution in [0.15, 0.2) is 89.8 Å². The molecule has 0 atom stereocenters. The van der Waals surface area contributed by atoms with Gasteiger partial charge >= 0.3 is 0 Å². The highest BCUT2D eigenvalue weighted by molar-refractivity contribution is 5.56. The second kappa shape index (κ2) is 7.55. The fourth-order valence-corrected chi connectivity index (χ4v) is 4.37. The van der Waals surface area contributed by atoms with E-state index in [9.17, 15) is 0 Å². The third-order valence-corrected chi connectivity index (χ3v) is 5.75. The summed E-state index contributed by atoms with van der Waals surface area (Å²) < 4.78 is 11.6. The molecular formula is C25H22N2O2. The van der Waals surface area contributed by atoms with Crippen molar-refractivity contribution in [3.63, 3.8) is 0 Å². The lowest BCUT2D eigenvalue weighted by atomic mass is 9.75. The van der Waals surface area contributed by atoms with Crippen molar-refractivity contribution in [3.8, 4) is 23.0 Å². The van der Waals surface area contributed by atoms with Crippen LogP contribution in [0.25, 0.3) is 11.5 Å². The van der Waals surface area contributed by atoms with Crippen LogP contribution in [-0.4, -0.2) is 9.97 Å². The van der Waals surface area contributed by atoms with Gasteiger partial charge in [-0.25, -0.2) is 4.98 Å². The number of ether oxygens (including phenoxy) is 1. The first-order chi connectivity index (χ1) is 14.3. The van der Waals surface area contributed by atoms with E-state index in [0.29, 0.717) is 5.89 Å². The Labute approximate surface area is 170 Å². The van der Waals surface area contributed by atoms with Gasteiger partial charge in [-0.3, -0.25) is 4.98 Å². The van der Waals surface area contributed by atoms with Gasteiger partial charge in [0.15, 0.2) is 0 Å². The van der Waals surface area contributed by atoms with E-state index in [4.69, 9.17) is 14.1 Å². The van der Waals surface area contributed by atoms with Crippen molar-refractivity contribution in [3.05, 3.63) is 96.6 Å². The SMILES string of the molecule is c1ccc(C2(c3cccc(Oc4cccc(-c5ncco5)c4)c3)CCCC2)nc1. The first-order valence-corrected chi connectivity index (χ1v) is 10.0. The molecule has 0 bridgehead atoms. The Morgan fingerprint density at radius 1 is 0.793 bits per heavy atom. The molecule has 0 saturated heterocycles.